The summed E-state index contributed by atoms with van der Waals surface area (Å²) in [5.41, 5.74) is -5.64. The number of aryl methyl sites for hydroxylation is 1. The van der Waals surface area contributed by atoms with Gasteiger partial charge in [0.05, 0.1) is 18.8 Å². The maximum absolute atomic E-state index is 12.9. The number of ketones is 1. The van der Waals surface area contributed by atoms with Gasteiger partial charge in [-0.05, 0) is 56.2 Å². The van der Waals surface area contributed by atoms with Crippen LogP contribution in [0.3, 0.4) is 0 Å². The van der Waals surface area contributed by atoms with Gasteiger partial charge in [-0.2, -0.15) is 21.6 Å². The van der Waals surface area contributed by atoms with E-state index in [2.05, 4.69) is 4.18 Å². The van der Waals surface area contributed by atoms with Crippen LogP contribution in [-0.4, -0.2) is 44.9 Å². The van der Waals surface area contributed by atoms with Crippen LogP contribution in [0, 0.1) is 0 Å². The second kappa shape index (κ2) is 11.1. The van der Waals surface area contributed by atoms with Crippen LogP contribution in [0.1, 0.15) is 52.1 Å². The molecule has 0 aliphatic rings. The van der Waals surface area contributed by atoms with E-state index in [9.17, 15) is 36.0 Å². The first kappa shape index (κ1) is 26.8. The Morgan fingerprint density at radius 2 is 1.50 bits per heavy atom. The van der Waals surface area contributed by atoms with Gasteiger partial charge in [0.2, 0.25) is 0 Å². The molecule has 8 nitrogen and oxygen atoms in total. The zero-order chi connectivity index (χ0) is 25.5. The van der Waals surface area contributed by atoms with Crippen molar-refractivity contribution in [2.24, 2.45) is 0 Å². The van der Waals surface area contributed by atoms with Gasteiger partial charge >= 0.3 is 27.6 Å². The molecule has 0 aliphatic carbocycles. The summed E-state index contributed by atoms with van der Waals surface area (Å²) in [5, 5.41) is 0. The molecule has 0 saturated heterocycles. The highest BCUT2D eigenvalue weighted by atomic mass is 32.2. The SMILES string of the molecule is CCOC(=O)CCc1cc(C(=O)c2cccc(C(=O)OCC)c2)ccc1OS(=O)(=O)C(F)(F)F. The number of esters is 2. The lowest BCUT2D eigenvalue weighted by molar-refractivity contribution is -0.143. The van der Waals surface area contributed by atoms with Gasteiger partial charge in [-0.25, -0.2) is 4.79 Å². The number of ether oxygens (including phenoxy) is 2. The van der Waals surface area contributed by atoms with Crippen LogP contribution in [0.5, 0.6) is 5.75 Å². The Morgan fingerprint density at radius 3 is 2.12 bits per heavy atom. The zero-order valence-electron chi connectivity index (χ0n) is 18.2. The molecule has 34 heavy (non-hydrogen) atoms. The Hall–Kier alpha value is -3.41. The average molecular weight is 502 g/mol. The largest absolute Gasteiger partial charge is 0.534 e. The number of hydrogen-bond acceptors (Lipinski definition) is 8. The quantitative estimate of drug-likeness (QED) is 0.209. The Morgan fingerprint density at radius 1 is 0.882 bits per heavy atom. The summed E-state index contributed by atoms with van der Waals surface area (Å²) in [5.74, 6) is -2.61. The molecule has 0 amide bonds. The van der Waals surface area contributed by atoms with Crippen LogP contribution in [0.15, 0.2) is 42.5 Å². The molecule has 0 unspecified atom stereocenters. The first-order chi connectivity index (χ1) is 15.9. The fourth-order valence-electron chi connectivity index (χ4n) is 2.80. The number of alkyl halides is 3. The van der Waals surface area contributed by atoms with Gasteiger partial charge in [0.25, 0.3) is 0 Å². The molecule has 0 aromatic heterocycles. The zero-order valence-corrected chi connectivity index (χ0v) is 19.0. The Kier molecular flexibility index (Phi) is 8.80. The molecule has 184 valence electrons. The molecule has 0 radical (unpaired) electrons. The first-order valence-corrected chi connectivity index (χ1v) is 11.4. The molecule has 0 atom stereocenters. The molecule has 12 heteroatoms. The number of halogens is 3. The van der Waals surface area contributed by atoms with Crippen LogP contribution < -0.4 is 4.18 Å². The highest BCUT2D eigenvalue weighted by Crippen LogP contribution is 2.30. The molecule has 0 spiro atoms. The van der Waals surface area contributed by atoms with Crippen LogP contribution in [0.25, 0.3) is 0 Å². The van der Waals surface area contributed by atoms with Crippen molar-refractivity contribution in [3.8, 4) is 5.75 Å². The van der Waals surface area contributed by atoms with Gasteiger partial charge in [0, 0.05) is 17.5 Å². The van der Waals surface area contributed by atoms with Crippen molar-refractivity contribution < 1.29 is 49.6 Å². The average Bonchev–Trinajstić information content (AvgIpc) is 2.77. The van der Waals surface area contributed by atoms with E-state index in [1.807, 2.05) is 0 Å². The summed E-state index contributed by atoms with van der Waals surface area (Å²) in [7, 11) is -5.98. The molecule has 0 saturated carbocycles. The van der Waals surface area contributed by atoms with E-state index in [-0.39, 0.29) is 48.3 Å². The van der Waals surface area contributed by atoms with E-state index in [4.69, 9.17) is 9.47 Å². The Labute approximate surface area is 193 Å². The summed E-state index contributed by atoms with van der Waals surface area (Å²) in [6, 6.07) is 8.70. The summed E-state index contributed by atoms with van der Waals surface area (Å²) >= 11 is 0. The smallest absolute Gasteiger partial charge is 0.466 e. The standard InChI is InChI=1S/C22H21F3O8S/c1-3-31-19(26)11-9-14-12-16(8-10-18(14)33-34(29,30)22(23,24)25)20(27)15-6-5-7-17(13-15)21(28)32-4-2/h5-8,10,12-13H,3-4,9,11H2,1-2H3. The van der Waals surface area contributed by atoms with Crippen molar-refractivity contribution in [1.29, 1.82) is 0 Å². The predicted octanol–water partition coefficient (Wildman–Crippen LogP) is 3.82. The predicted molar refractivity (Wildman–Crippen MR) is 113 cm³/mol. The van der Waals surface area contributed by atoms with Gasteiger partial charge < -0.3 is 13.7 Å². The minimum atomic E-state index is -5.98. The second-order valence-electron chi connectivity index (χ2n) is 6.74. The minimum absolute atomic E-state index is 0.0309. The van der Waals surface area contributed by atoms with Crippen molar-refractivity contribution in [3.63, 3.8) is 0 Å². The minimum Gasteiger partial charge on any atom is -0.466 e. The van der Waals surface area contributed by atoms with Gasteiger partial charge in [-0.3, -0.25) is 9.59 Å². The number of carbonyl (C=O) groups excluding carboxylic acids is 3. The van der Waals surface area contributed by atoms with E-state index >= 15 is 0 Å². The van der Waals surface area contributed by atoms with E-state index in [1.54, 1.807) is 13.8 Å². The number of benzene rings is 2. The molecule has 0 N–H and O–H groups in total. The number of carbonyl (C=O) groups is 3. The molecule has 2 aromatic rings. The third-order valence-electron chi connectivity index (χ3n) is 4.35. The third kappa shape index (κ3) is 6.80. The molecule has 2 rings (SSSR count). The fraction of sp³-hybridized carbons (Fsp3) is 0.318. The molecule has 0 bridgehead atoms. The molecule has 2 aromatic carbocycles. The normalized spacial score (nSPS) is 11.6. The van der Waals surface area contributed by atoms with E-state index < -0.39 is 39.1 Å². The lowest BCUT2D eigenvalue weighted by Crippen LogP contribution is -2.28. The highest BCUT2D eigenvalue weighted by molar-refractivity contribution is 7.88. The maximum atomic E-state index is 12.9. The van der Waals surface area contributed by atoms with Crippen LogP contribution in [0.4, 0.5) is 13.2 Å². The van der Waals surface area contributed by atoms with Crippen molar-refractivity contribution in [2.45, 2.75) is 32.2 Å². The molecule has 0 aliphatic heterocycles. The maximum Gasteiger partial charge on any atom is 0.534 e. The summed E-state index contributed by atoms with van der Waals surface area (Å²) in [4.78, 5) is 36.6. The molecular formula is C22H21F3O8S. The summed E-state index contributed by atoms with van der Waals surface area (Å²) in [6.45, 7) is 3.38. The van der Waals surface area contributed by atoms with E-state index in [1.165, 1.54) is 24.3 Å². The van der Waals surface area contributed by atoms with Crippen molar-refractivity contribution >= 4 is 27.8 Å². The van der Waals surface area contributed by atoms with Crippen molar-refractivity contribution in [1.82, 2.24) is 0 Å². The number of hydrogen-bond donors (Lipinski definition) is 0. The highest BCUT2D eigenvalue weighted by Gasteiger charge is 2.48. The van der Waals surface area contributed by atoms with Crippen molar-refractivity contribution in [2.75, 3.05) is 13.2 Å². The van der Waals surface area contributed by atoms with E-state index in [0.29, 0.717) is 0 Å². The molecular weight excluding hydrogens is 481 g/mol. The second-order valence-corrected chi connectivity index (χ2v) is 8.28. The Balaban J connectivity index is 2.43. The lowest BCUT2D eigenvalue weighted by Gasteiger charge is -2.14. The van der Waals surface area contributed by atoms with Crippen LogP contribution in [-0.2, 0) is 30.8 Å². The Bertz CT molecular complexity index is 1170. The van der Waals surface area contributed by atoms with E-state index in [0.717, 1.165) is 18.2 Å². The summed E-state index contributed by atoms with van der Waals surface area (Å²) < 4.78 is 75.1. The molecule has 0 fully saturated rings. The van der Waals surface area contributed by atoms with Crippen LogP contribution >= 0.6 is 0 Å². The van der Waals surface area contributed by atoms with Crippen molar-refractivity contribution in [3.05, 3.63) is 64.7 Å². The van der Waals surface area contributed by atoms with Gasteiger partial charge in [-0.15, -0.1) is 0 Å². The van der Waals surface area contributed by atoms with Gasteiger partial charge in [0.1, 0.15) is 5.75 Å². The lowest BCUT2D eigenvalue weighted by atomic mass is 9.98. The monoisotopic (exact) mass is 502 g/mol. The molecule has 0 heterocycles. The summed E-state index contributed by atoms with van der Waals surface area (Å²) in [6.07, 6.45) is -0.558. The van der Waals surface area contributed by atoms with Crippen LogP contribution in [0.2, 0.25) is 0 Å². The number of rotatable bonds is 10. The van der Waals surface area contributed by atoms with Gasteiger partial charge in [-0.1, -0.05) is 12.1 Å². The first-order valence-electron chi connectivity index (χ1n) is 10.0. The topological polar surface area (TPSA) is 113 Å². The fourth-order valence-corrected chi connectivity index (χ4v) is 3.29. The van der Waals surface area contributed by atoms with Gasteiger partial charge in [0.15, 0.2) is 5.78 Å². The third-order valence-corrected chi connectivity index (χ3v) is 5.31.